The fourth-order valence-corrected chi connectivity index (χ4v) is 5.30. The molecule has 1 aliphatic heterocycles. The zero-order valence-corrected chi connectivity index (χ0v) is 18.4. The van der Waals surface area contributed by atoms with Gasteiger partial charge in [0.1, 0.15) is 30.0 Å². The van der Waals surface area contributed by atoms with Crippen molar-refractivity contribution in [1.29, 1.82) is 0 Å². The molecule has 7 nitrogen and oxygen atoms in total. The highest BCUT2D eigenvalue weighted by Gasteiger charge is 2.37. The number of fused-ring (bicyclic) bond motifs is 1. The number of aliphatic hydroxyl groups is 1. The molecule has 2 N–H and O–H groups in total. The molecule has 0 aliphatic carbocycles. The number of halogens is 3. The van der Waals surface area contributed by atoms with Gasteiger partial charge in [-0.3, -0.25) is 9.10 Å². The van der Waals surface area contributed by atoms with Gasteiger partial charge in [0.25, 0.3) is 15.9 Å². The summed E-state index contributed by atoms with van der Waals surface area (Å²) in [6.45, 7) is -0.679. The van der Waals surface area contributed by atoms with Gasteiger partial charge < -0.3 is 15.2 Å². The van der Waals surface area contributed by atoms with Crippen molar-refractivity contribution < 1.29 is 31.8 Å². The molecule has 0 saturated heterocycles. The molecule has 0 saturated carbocycles. The maximum atomic E-state index is 14.1. The molecule has 0 bridgehead atoms. The summed E-state index contributed by atoms with van der Waals surface area (Å²) in [6.07, 6.45) is 0. The van der Waals surface area contributed by atoms with Crippen molar-refractivity contribution in [2.24, 2.45) is 0 Å². The van der Waals surface area contributed by atoms with E-state index in [2.05, 4.69) is 5.32 Å². The summed E-state index contributed by atoms with van der Waals surface area (Å²) in [6, 6.07) is 11.3. The van der Waals surface area contributed by atoms with Gasteiger partial charge in [0.15, 0.2) is 0 Å². The van der Waals surface area contributed by atoms with E-state index in [0.717, 1.165) is 34.6 Å². The van der Waals surface area contributed by atoms with Crippen LogP contribution in [-0.4, -0.2) is 38.7 Å². The maximum absolute atomic E-state index is 14.1. The molecule has 1 aliphatic rings. The first-order valence-electron chi connectivity index (χ1n) is 9.65. The van der Waals surface area contributed by atoms with Gasteiger partial charge in [0.2, 0.25) is 0 Å². The minimum atomic E-state index is -4.23. The van der Waals surface area contributed by atoms with Crippen LogP contribution in [0.5, 0.6) is 5.75 Å². The predicted molar refractivity (Wildman–Crippen MR) is 118 cm³/mol. The lowest BCUT2D eigenvalue weighted by Gasteiger charge is -2.36. The fourth-order valence-electron chi connectivity index (χ4n) is 3.42. The van der Waals surface area contributed by atoms with Gasteiger partial charge in [-0.05, 0) is 54.6 Å². The molecule has 1 unspecified atom stereocenters. The van der Waals surface area contributed by atoms with E-state index in [9.17, 15) is 27.1 Å². The van der Waals surface area contributed by atoms with Crippen molar-refractivity contribution in [3.8, 4) is 5.75 Å². The van der Waals surface area contributed by atoms with Gasteiger partial charge in [0.05, 0.1) is 27.8 Å². The number of anilines is 2. The molecular formula is C22H17ClF2N2O5S. The van der Waals surface area contributed by atoms with Crippen LogP contribution in [0.2, 0.25) is 5.02 Å². The van der Waals surface area contributed by atoms with Gasteiger partial charge in [-0.15, -0.1) is 0 Å². The molecule has 172 valence electrons. The van der Waals surface area contributed by atoms with Crippen LogP contribution in [0, 0.1) is 11.6 Å². The monoisotopic (exact) mass is 494 g/mol. The third-order valence-corrected chi connectivity index (χ3v) is 7.18. The second-order valence-corrected chi connectivity index (χ2v) is 9.36. The summed E-state index contributed by atoms with van der Waals surface area (Å²) in [5, 5.41) is 12.2. The van der Waals surface area contributed by atoms with E-state index in [-0.39, 0.29) is 39.2 Å². The number of carbonyl (C=O) groups excluding carboxylic acids is 1. The molecule has 3 aromatic carbocycles. The van der Waals surface area contributed by atoms with Crippen LogP contribution in [0.15, 0.2) is 65.6 Å². The van der Waals surface area contributed by atoms with E-state index in [1.807, 2.05) is 0 Å². The number of nitrogens with zero attached hydrogens (tertiary/aromatic N) is 1. The van der Waals surface area contributed by atoms with Crippen molar-refractivity contribution in [1.82, 2.24) is 0 Å². The highest BCUT2D eigenvalue weighted by molar-refractivity contribution is 7.92. The van der Waals surface area contributed by atoms with Crippen LogP contribution in [0.4, 0.5) is 20.2 Å². The van der Waals surface area contributed by atoms with Gasteiger partial charge in [-0.2, -0.15) is 0 Å². The summed E-state index contributed by atoms with van der Waals surface area (Å²) >= 11 is 5.94. The molecular weight excluding hydrogens is 478 g/mol. The Bertz CT molecular complexity index is 1300. The normalized spacial score (nSPS) is 15.5. The number of aliphatic hydroxyl groups excluding tert-OH is 1. The molecule has 3 aromatic rings. The number of benzene rings is 3. The topological polar surface area (TPSA) is 95.9 Å². The predicted octanol–water partition coefficient (Wildman–Crippen LogP) is 3.82. The van der Waals surface area contributed by atoms with Gasteiger partial charge in [-0.25, -0.2) is 17.2 Å². The highest BCUT2D eigenvalue weighted by atomic mass is 35.5. The van der Waals surface area contributed by atoms with Gasteiger partial charge >= 0.3 is 0 Å². The molecule has 1 atom stereocenters. The number of hydrogen-bond donors (Lipinski definition) is 2. The van der Waals surface area contributed by atoms with Crippen LogP contribution >= 0.6 is 11.6 Å². The van der Waals surface area contributed by atoms with Crippen LogP contribution in [0.25, 0.3) is 0 Å². The number of sulfonamides is 1. The lowest BCUT2D eigenvalue weighted by atomic mass is 10.1. The van der Waals surface area contributed by atoms with Gasteiger partial charge in [-0.1, -0.05) is 17.7 Å². The van der Waals surface area contributed by atoms with E-state index in [1.54, 1.807) is 0 Å². The van der Waals surface area contributed by atoms with Gasteiger partial charge in [0, 0.05) is 5.69 Å². The van der Waals surface area contributed by atoms with Crippen LogP contribution in [-0.2, 0) is 10.0 Å². The third-order valence-electron chi connectivity index (χ3n) is 4.99. The van der Waals surface area contributed by atoms with Crippen LogP contribution in [0.1, 0.15) is 10.4 Å². The zero-order chi connectivity index (χ0) is 23.8. The van der Waals surface area contributed by atoms with Crippen LogP contribution < -0.4 is 14.4 Å². The van der Waals surface area contributed by atoms with Crippen LogP contribution in [0.3, 0.4) is 0 Å². The smallest absolute Gasteiger partial charge is 0.264 e. The van der Waals surface area contributed by atoms with Crippen molar-refractivity contribution in [2.45, 2.75) is 10.9 Å². The molecule has 11 heteroatoms. The Morgan fingerprint density at radius 3 is 2.55 bits per heavy atom. The summed E-state index contributed by atoms with van der Waals surface area (Å²) < 4.78 is 60.7. The number of ether oxygens (including phenoxy) is 1. The standard InChI is InChI=1S/C22H17ClF2N2O5S/c23-17-2-1-3-18(25)21(17)22(29)26-14-6-9-20-19(10-14)27(15(11-28)12-32-20)33(30,31)16-7-4-13(24)5-8-16/h1-10,15,28H,11-12H2,(H,26,29). The first kappa shape index (κ1) is 23.0. The quantitative estimate of drug-likeness (QED) is 0.562. The Hall–Kier alpha value is -3.21. The minimum Gasteiger partial charge on any atom is -0.489 e. The minimum absolute atomic E-state index is 0.0436. The lowest BCUT2D eigenvalue weighted by molar-refractivity contribution is 0.102. The van der Waals surface area contributed by atoms with E-state index >= 15 is 0 Å². The first-order chi connectivity index (χ1) is 15.7. The Morgan fingerprint density at radius 2 is 1.88 bits per heavy atom. The second kappa shape index (κ2) is 8.97. The SMILES string of the molecule is O=C(Nc1ccc2c(c1)N(S(=O)(=O)c1ccc(F)cc1)C(CO)CO2)c1c(F)cccc1Cl. The molecule has 1 amide bonds. The zero-order valence-electron chi connectivity index (χ0n) is 16.8. The Kier molecular flexibility index (Phi) is 6.24. The van der Waals surface area contributed by atoms with E-state index in [1.165, 1.54) is 30.3 Å². The molecule has 33 heavy (non-hydrogen) atoms. The molecule has 1 heterocycles. The molecule has 0 fully saturated rings. The molecule has 0 spiro atoms. The summed E-state index contributed by atoms with van der Waals surface area (Å²) in [7, 11) is -4.23. The Balaban J connectivity index is 1.74. The van der Waals surface area contributed by atoms with Crippen molar-refractivity contribution in [3.05, 3.63) is 82.9 Å². The highest BCUT2D eigenvalue weighted by Crippen LogP contribution is 2.39. The maximum Gasteiger partial charge on any atom is 0.264 e. The summed E-state index contributed by atoms with van der Waals surface area (Å²) in [4.78, 5) is 12.4. The van der Waals surface area contributed by atoms with E-state index in [4.69, 9.17) is 16.3 Å². The molecule has 0 radical (unpaired) electrons. The lowest BCUT2D eigenvalue weighted by Crippen LogP contribution is -2.48. The summed E-state index contributed by atoms with van der Waals surface area (Å²) in [5.74, 6) is -2.07. The molecule has 4 rings (SSSR count). The first-order valence-corrected chi connectivity index (χ1v) is 11.5. The average Bonchev–Trinajstić information content (AvgIpc) is 2.78. The van der Waals surface area contributed by atoms with Crippen molar-refractivity contribution in [2.75, 3.05) is 22.8 Å². The number of nitrogens with one attached hydrogen (secondary N) is 1. The average molecular weight is 495 g/mol. The second-order valence-electron chi connectivity index (χ2n) is 7.14. The fraction of sp³-hybridized carbons (Fsp3) is 0.136. The number of amides is 1. The third kappa shape index (κ3) is 4.37. The number of hydrogen-bond acceptors (Lipinski definition) is 5. The van der Waals surface area contributed by atoms with Crippen molar-refractivity contribution >= 4 is 38.9 Å². The Labute approximate surface area is 193 Å². The summed E-state index contributed by atoms with van der Waals surface area (Å²) in [5.41, 5.74) is -0.182. The molecule has 0 aromatic heterocycles. The Morgan fingerprint density at radius 1 is 1.15 bits per heavy atom. The largest absolute Gasteiger partial charge is 0.489 e. The van der Waals surface area contributed by atoms with E-state index in [0.29, 0.717) is 0 Å². The number of rotatable bonds is 5. The number of carbonyl (C=O) groups is 1. The van der Waals surface area contributed by atoms with Crippen molar-refractivity contribution in [3.63, 3.8) is 0 Å². The van der Waals surface area contributed by atoms with E-state index < -0.39 is 40.2 Å².